The fourth-order valence-electron chi connectivity index (χ4n) is 3.89. The first-order valence-corrected chi connectivity index (χ1v) is 10.4. The number of anilines is 1. The van der Waals surface area contributed by atoms with Crippen LogP contribution in [0.4, 0.5) is 14.5 Å². The lowest BCUT2D eigenvalue weighted by atomic mass is 9.94. The fraction of sp³-hybridized carbons (Fsp3) is 0.120. The number of Topliss-reactive ketones (excluding diaryl/α,β-unsaturated/α-hetero) is 1. The highest BCUT2D eigenvalue weighted by Gasteiger charge is 2.47. The van der Waals surface area contributed by atoms with Gasteiger partial charge in [-0.05, 0) is 48.9 Å². The van der Waals surface area contributed by atoms with Crippen molar-refractivity contribution in [1.29, 1.82) is 0 Å². The minimum absolute atomic E-state index is 0.0680. The summed E-state index contributed by atoms with van der Waals surface area (Å²) >= 11 is 6.07. The molecule has 0 aliphatic carbocycles. The van der Waals surface area contributed by atoms with E-state index in [1.165, 1.54) is 25.3 Å². The molecule has 3 aromatic rings. The molecule has 0 aromatic heterocycles. The van der Waals surface area contributed by atoms with Crippen LogP contribution in [-0.2, 0) is 9.59 Å². The van der Waals surface area contributed by atoms with Gasteiger partial charge in [-0.25, -0.2) is 8.78 Å². The van der Waals surface area contributed by atoms with Crippen LogP contribution >= 0.6 is 11.6 Å². The summed E-state index contributed by atoms with van der Waals surface area (Å²) in [5, 5.41) is 21.0. The molecule has 1 atom stereocenters. The number of halogens is 3. The van der Waals surface area contributed by atoms with Gasteiger partial charge in [0.25, 0.3) is 11.7 Å². The van der Waals surface area contributed by atoms with Gasteiger partial charge in [0.1, 0.15) is 17.3 Å². The number of nitrogens with zero attached hydrogens (tertiary/aromatic N) is 1. The summed E-state index contributed by atoms with van der Waals surface area (Å²) in [6.45, 7) is 1.77. The molecule has 0 bridgehead atoms. The Labute approximate surface area is 198 Å². The Balaban J connectivity index is 2.01. The zero-order chi connectivity index (χ0) is 24.7. The minimum atomic E-state index is -1.26. The molecule has 3 aromatic carbocycles. The van der Waals surface area contributed by atoms with Crippen LogP contribution in [0.15, 0.2) is 60.2 Å². The second-order valence-electron chi connectivity index (χ2n) is 7.68. The van der Waals surface area contributed by atoms with Crippen molar-refractivity contribution in [2.45, 2.75) is 13.0 Å². The van der Waals surface area contributed by atoms with Crippen molar-refractivity contribution in [3.8, 4) is 11.5 Å². The molecular weight excluding hydrogens is 468 g/mol. The highest BCUT2D eigenvalue weighted by atomic mass is 35.5. The van der Waals surface area contributed by atoms with Gasteiger partial charge < -0.3 is 14.9 Å². The lowest BCUT2D eigenvalue weighted by Gasteiger charge is -2.26. The molecule has 6 nitrogen and oxygen atoms in total. The summed E-state index contributed by atoms with van der Waals surface area (Å²) in [7, 11) is 1.39. The monoisotopic (exact) mass is 485 g/mol. The number of hydrogen-bond acceptors (Lipinski definition) is 5. The van der Waals surface area contributed by atoms with Crippen molar-refractivity contribution in [2.24, 2.45) is 0 Å². The van der Waals surface area contributed by atoms with Gasteiger partial charge in [-0.15, -0.1) is 0 Å². The topological polar surface area (TPSA) is 87.1 Å². The summed E-state index contributed by atoms with van der Waals surface area (Å²) in [6, 6.07) is 10.4. The highest BCUT2D eigenvalue weighted by molar-refractivity contribution is 6.51. The molecule has 1 aliphatic heterocycles. The fourth-order valence-corrected chi connectivity index (χ4v) is 4.08. The Morgan fingerprint density at radius 2 is 1.76 bits per heavy atom. The minimum Gasteiger partial charge on any atom is -0.507 e. The third-order valence-corrected chi connectivity index (χ3v) is 5.83. The van der Waals surface area contributed by atoms with Crippen LogP contribution in [0.3, 0.4) is 0 Å². The third kappa shape index (κ3) is 3.86. The number of hydrogen-bond donors (Lipinski definition) is 2. The second-order valence-corrected chi connectivity index (χ2v) is 8.09. The molecule has 0 spiro atoms. The van der Waals surface area contributed by atoms with Gasteiger partial charge in [-0.3, -0.25) is 14.5 Å². The molecule has 1 amide bonds. The van der Waals surface area contributed by atoms with Crippen molar-refractivity contribution in [1.82, 2.24) is 0 Å². The zero-order valence-corrected chi connectivity index (χ0v) is 18.7. The maximum atomic E-state index is 14.0. The number of carbonyl (C=O) groups is 2. The number of aryl methyl sites for hydroxylation is 1. The van der Waals surface area contributed by atoms with Gasteiger partial charge in [0.15, 0.2) is 11.6 Å². The van der Waals surface area contributed by atoms with Crippen molar-refractivity contribution in [2.75, 3.05) is 12.0 Å². The maximum absolute atomic E-state index is 14.0. The summed E-state index contributed by atoms with van der Waals surface area (Å²) in [4.78, 5) is 27.2. The molecule has 0 radical (unpaired) electrons. The Morgan fingerprint density at radius 1 is 1.03 bits per heavy atom. The molecule has 9 heteroatoms. The number of aliphatic hydroxyl groups excluding tert-OH is 1. The highest BCUT2D eigenvalue weighted by Crippen LogP contribution is 2.44. The predicted molar refractivity (Wildman–Crippen MR) is 122 cm³/mol. The van der Waals surface area contributed by atoms with Crippen molar-refractivity contribution in [3.63, 3.8) is 0 Å². The quantitative estimate of drug-likeness (QED) is 0.299. The van der Waals surface area contributed by atoms with E-state index in [0.717, 1.165) is 28.7 Å². The third-order valence-electron chi connectivity index (χ3n) is 5.52. The molecule has 1 unspecified atom stereocenters. The normalized spacial score (nSPS) is 17.3. The predicted octanol–water partition coefficient (Wildman–Crippen LogP) is 5.27. The first kappa shape index (κ1) is 23.3. The number of ether oxygens (including phenoxy) is 1. The number of aliphatic hydroxyl groups is 1. The number of rotatable bonds is 4. The van der Waals surface area contributed by atoms with Gasteiger partial charge in [0, 0.05) is 11.8 Å². The van der Waals surface area contributed by atoms with Gasteiger partial charge in [-0.2, -0.15) is 0 Å². The first-order chi connectivity index (χ1) is 16.1. The SMILES string of the molecule is COc1ccc(C)cc1/C(O)=C1\C(=O)C(=O)N(c2ccc(F)c(F)c2)C1c1ccc(O)c(Cl)c1. The van der Waals surface area contributed by atoms with Crippen LogP contribution in [0.25, 0.3) is 5.76 Å². The average Bonchev–Trinajstić information content (AvgIpc) is 3.07. The van der Waals surface area contributed by atoms with E-state index in [-0.39, 0.29) is 38.9 Å². The molecule has 1 saturated heterocycles. The van der Waals surface area contributed by atoms with Crippen molar-refractivity contribution in [3.05, 3.63) is 93.5 Å². The number of aromatic hydroxyl groups is 1. The van der Waals surface area contributed by atoms with E-state index in [1.54, 1.807) is 25.1 Å². The Bertz CT molecular complexity index is 1370. The van der Waals surface area contributed by atoms with Crippen LogP contribution in [0.5, 0.6) is 11.5 Å². The van der Waals surface area contributed by atoms with Crippen LogP contribution in [0.1, 0.15) is 22.7 Å². The number of ketones is 1. The van der Waals surface area contributed by atoms with E-state index in [1.807, 2.05) is 0 Å². The van der Waals surface area contributed by atoms with Crippen LogP contribution < -0.4 is 9.64 Å². The number of methoxy groups -OCH3 is 1. The van der Waals surface area contributed by atoms with Crippen LogP contribution in [0.2, 0.25) is 5.02 Å². The largest absolute Gasteiger partial charge is 0.507 e. The molecule has 1 aliphatic rings. The van der Waals surface area contributed by atoms with Gasteiger partial charge in [-0.1, -0.05) is 29.3 Å². The second kappa shape index (κ2) is 8.79. The van der Waals surface area contributed by atoms with E-state index >= 15 is 0 Å². The van der Waals surface area contributed by atoms with E-state index in [0.29, 0.717) is 0 Å². The van der Waals surface area contributed by atoms with Crippen LogP contribution in [-0.4, -0.2) is 29.0 Å². The lowest BCUT2D eigenvalue weighted by molar-refractivity contribution is -0.132. The Morgan fingerprint density at radius 3 is 2.41 bits per heavy atom. The smallest absolute Gasteiger partial charge is 0.300 e. The molecule has 0 saturated carbocycles. The Kier molecular flexibility index (Phi) is 6.01. The van der Waals surface area contributed by atoms with Gasteiger partial charge >= 0.3 is 0 Å². The molecule has 34 heavy (non-hydrogen) atoms. The van der Waals surface area contributed by atoms with Gasteiger partial charge in [0.05, 0.1) is 29.3 Å². The molecular formula is C25H18ClF2NO5. The van der Waals surface area contributed by atoms with E-state index in [2.05, 4.69) is 0 Å². The van der Waals surface area contributed by atoms with E-state index in [9.17, 15) is 28.6 Å². The molecule has 1 fully saturated rings. The zero-order valence-electron chi connectivity index (χ0n) is 18.0. The average molecular weight is 486 g/mol. The van der Waals surface area contributed by atoms with Crippen molar-refractivity contribution >= 4 is 34.7 Å². The van der Waals surface area contributed by atoms with Gasteiger partial charge in [0.2, 0.25) is 0 Å². The van der Waals surface area contributed by atoms with E-state index in [4.69, 9.17) is 16.3 Å². The summed E-state index contributed by atoms with van der Waals surface area (Å²) in [5.41, 5.74) is 0.757. The first-order valence-electron chi connectivity index (χ1n) is 10.0. The molecule has 174 valence electrons. The summed E-state index contributed by atoms with van der Waals surface area (Å²) in [6.07, 6.45) is 0. The number of amides is 1. The maximum Gasteiger partial charge on any atom is 0.300 e. The molecule has 4 rings (SSSR count). The molecule has 1 heterocycles. The number of carbonyl (C=O) groups excluding carboxylic acids is 2. The number of phenols is 1. The summed E-state index contributed by atoms with van der Waals surface area (Å²) < 4.78 is 32.9. The lowest BCUT2D eigenvalue weighted by Crippen LogP contribution is -2.29. The Hall–Kier alpha value is -3.91. The van der Waals surface area contributed by atoms with E-state index < -0.39 is 35.1 Å². The standard InChI is InChI=1S/C25H18ClF2NO5/c1-12-3-8-20(34-2)15(9-12)23(31)21-22(13-4-7-19(30)16(26)10-13)29(25(33)24(21)32)14-5-6-17(27)18(28)11-14/h3-11,22,30-31H,1-2H3/b23-21+. The summed E-state index contributed by atoms with van der Waals surface area (Å²) in [5.74, 6) is -4.96. The van der Waals surface area contributed by atoms with Crippen molar-refractivity contribution < 1.29 is 33.3 Å². The molecule has 2 N–H and O–H groups in total. The number of phenolic OH excluding ortho intramolecular Hbond substituents is 1. The van der Waals surface area contributed by atoms with Crippen LogP contribution in [0, 0.1) is 18.6 Å². The number of benzene rings is 3.